The lowest BCUT2D eigenvalue weighted by Gasteiger charge is -2.28. The number of rotatable bonds is 4. The summed E-state index contributed by atoms with van der Waals surface area (Å²) in [6, 6.07) is 18.0. The molecule has 3 aromatic carbocycles. The Kier molecular flexibility index (Phi) is 6.46. The van der Waals surface area contributed by atoms with Gasteiger partial charge in [-0.15, -0.1) is 0 Å². The van der Waals surface area contributed by atoms with Crippen molar-refractivity contribution in [2.75, 3.05) is 0 Å². The highest BCUT2D eigenvalue weighted by Gasteiger charge is 2.27. The summed E-state index contributed by atoms with van der Waals surface area (Å²) in [4.78, 5) is 13.0. The van der Waals surface area contributed by atoms with Crippen molar-refractivity contribution >= 4 is 22.6 Å². The maximum absolute atomic E-state index is 13.0. The summed E-state index contributed by atoms with van der Waals surface area (Å²) in [6.07, 6.45) is 0. The molecule has 1 aromatic heterocycles. The minimum atomic E-state index is -0.292. The quantitative estimate of drug-likeness (QED) is 0.315. The second-order valence-electron chi connectivity index (χ2n) is 11.0. The van der Waals surface area contributed by atoms with Crippen LogP contribution in [0.15, 0.2) is 69.9 Å². The molecule has 4 rings (SSSR count). The van der Waals surface area contributed by atoms with Gasteiger partial charge in [0, 0.05) is 33.8 Å². The van der Waals surface area contributed by atoms with Gasteiger partial charge >= 0.3 is 0 Å². The van der Waals surface area contributed by atoms with Crippen molar-refractivity contribution in [1.82, 2.24) is 0 Å². The van der Waals surface area contributed by atoms with Crippen LogP contribution in [0.25, 0.3) is 22.3 Å². The van der Waals surface area contributed by atoms with Gasteiger partial charge < -0.3 is 14.3 Å². The standard InChI is InChI=1S/C30H31ClO4/c1-29(2,3)23-13-19(14-24(28(23)33)30(4,5)6)26-16-25(32)22-12-11-21(15-27(22)35-26)34-17-18-7-9-20(31)10-8-18/h7-16,33H,17H2,1-6H3. The van der Waals surface area contributed by atoms with Crippen LogP contribution in [0.2, 0.25) is 5.02 Å². The van der Waals surface area contributed by atoms with E-state index in [9.17, 15) is 9.90 Å². The van der Waals surface area contributed by atoms with E-state index in [4.69, 9.17) is 20.8 Å². The first-order valence-electron chi connectivity index (χ1n) is 11.7. The third-order valence-electron chi connectivity index (χ3n) is 6.03. The number of hydrogen-bond donors (Lipinski definition) is 1. The maximum atomic E-state index is 13.0. The Morgan fingerprint density at radius 2 is 1.46 bits per heavy atom. The Bertz CT molecular complexity index is 1400. The predicted molar refractivity (Wildman–Crippen MR) is 143 cm³/mol. The highest BCUT2D eigenvalue weighted by Crippen LogP contribution is 2.42. The lowest BCUT2D eigenvalue weighted by atomic mass is 9.78. The fourth-order valence-corrected chi connectivity index (χ4v) is 4.16. The van der Waals surface area contributed by atoms with E-state index in [1.165, 1.54) is 6.07 Å². The predicted octanol–water partition coefficient (Wildman–Crippen LogP) is 7.99. The summed E-state index contributed by atoms with van der Waals surface area (Å²) >= 11 is 5.96. The van der Waals surface area contributed by atoms with E-state index < -0.39 is 0 Å². The average molecular weight is 491 g/mol. The Morgan fingerprint density at radius 3 is 2.03 bits per heavy atom. The molecule has 0 aliphatic carbocycles. The molecule has 0 saturated carbocycles. The van der Waals surface area contributed by atoms with Gasteiger partial charge in [0.2, 0.25) is 0 Å². The first-order valence-corrected chi connectivity index (χ1v) is 12.0. The molecule has 0 amide bonds. The van der Waals surface area contributed by atoms with Crippen LogP contribution in [0.4, 0.5) is 0 Å². The second kappa shape index (κ2) is 9.09. The molecule has 1 heterocycles. The highest BCUT2D eigenvalue weighted by molar-refractivity contribution is 6.30. The van der Waals surface area contributed by atoms with Crippen molar-refractivity contribution < 1.29 is 14.3 Å². The van der Waals surface area contributed by atoms with Crippen molar-refractivity contribution in [3.8, 4) is 22.8 Å². The molecule has 182 valence electrons. The first kappa shape index (κ1) is 24.9. The summed E-state index contributed by atoms with van der Waals surface area (Å²) < 4.78 is 12.2. The average Bonchev–Trinajstić information content (AvgIpc) is 2.77. The molecule has 0 fully saturated rings. The van der Waals surface area contributed by atoms with Crippen LogP contribution in [0.3, 0.4) is 0 Å². The number of phenols is 1. The van der Waals surface area contributed by atoms with Crippen molar-refractivity contribution in [3.63, 3.8) is 0 Å². The van der Waals surface area contributed by atoms with Crippen molar-refractivity contribution in [2.45, 2.75) is 59.0 Å². The van der Waals surface area contributed by atoms with E-state index >= 15 is 0 Å². The van der Waals surface area contributed by atoms with E-state index in [1.54, 1.807) is 18.2 Å². The molecule has 0 spiro atoms. The van der Waals surface area contributed by atoms with Crippen LogP contribution >= 0.6 is 11.6 Å². The lowest BCUT2D eigenvalue weighted by Crippen LogP contribution is -2.17. The van der Waals surface area contributed by atoms with Gasteiger partial charge in [0.1, 0.15) is 29.4 Å². The van der Waals surface area contributed by atoms with E-state index in [2.05, 4.69) is 41.5 Å². The van der Waals surface area contributed by atoms with Gasteiger partial charge in [0.25, 0.3) is 0 Å². The van der Waals surface area contributed by atoms with Crippen LogP contribution in [0, 0.1) is 0 Å². The summed E-state index contributed by atoms with van der Waals surface area (Å²) in [5, 5.41) is 12.2. The van der Waals surface area contributed by atoms with Gasteiger partial charge in [-0.25, -0.2) is 0 Å². The molecular formula is C30H31ClO4. The van der Waals surface area contributed by atoms with Crippen molar-refractivity contribution in [1.29, 1.82) is 0 Å². The number of benzene rings is 3. The summed E-state index contributed by atoms with van der Waals surface area (Å²) in [5.74, 6) is 1.34. The number of halogens is 1. The van der Waals surface area contributed by atoms with Gasteiger partial charge in [0.15, 0.2) is 5.43 Å². The van der Waals surface area contributed by atoms with E-state index in [0.717, 1.165) is 22.3 Å². The molecule has 1 N–H and O–H groups in total. The molecule has 35 heavy (non-hydrogen) atoms. The van der Waals surface area contributed by atoms with Gasteiger partial charge in [-0.2, -0.15) is 0 Å². The summed E-state index contributed by atoms with van der Waals surface area (Å²) in [5.41, 5.74) is 3.09. The van der Waals surface area contributed by atoms with E-state index in [-0.39, 0.29) is 22.0 Å². The number of hydrogen-bond acceptors (Lipinski definition) is 4. The van der Waals surface area contributed by atoms with Gasteiger partial charge in [-0.05, 0) is 52.8 Å². The van der Waals surface area contributed by atoms with Gasteiger partial charge in [-0.3, -0.25) is 4.79 Å². The molecule has 0 aliphatic heterocycles. The Balaban J connectivity index is 1.78. The normalized spacial score (nSPS) is 12.2. The Morgan fingerprint density at radius 1 is 0.857 bits per heavy atom. The number of phenolic OH excluding ortho intramolecular Hbond substituents is 1. The smallest absolute Gasteiger partial charge is 0.193 e. The van der Waals surface area contributed by atoms with Crippen LogP contribution in [0.1, 0.15) is 58.2 Å². The Labute approximate surface area is 211 Å². The van der Waals surface area contributed by atoms with Gasteiger partial charge in [0.05, 0.1) is 5.39 Å². The fraction of sp³-hybridized carbons (Fsp3) is 0.300. The Hall–Kier alpha value is -3.24. The van der Waals surface area contributed by atoms with Crippen LogP contribution in [0.5, 0.6) is 11.5 Å². The number of ether oxygens (including phenoxy) is 1. The largest absolute Gasteiger partial charge is 0.507 e. The zero-order chi connectivity index (χ0) is 25.5. The van der Waals surface area contributed by atoms with Crippen molar-refractivity contribution in [3.05, 3.63) is 92.6 Å². The maximum Gasteiger partial charge on any atom is 0.193 e. The third-order valence-corrected chi connectivity index (χ3v) is 6.28. The third kappa shape index (κ3) is 5.38. The zero-order valence-electron chi connectivity index (χ0n) is 21.0. The summed E-state index contributed by atoms with van der Waals surface area (Å²) in [6.45, 7) is 12.7. The minimum absolute atomic E-state index is 0.131. The number of fused-ring (bicyclic) bond motifs is 1. The minimum Gasteiger partial charge on any atom is -0.507 e. The zero-order valence-corrected chi connectivity index (χ0v) is 21.8. The van der Waals surface area contributed by atoms with Crippen LogP contribution < -0.4 is 10.2 Å². The fourth-order valence-electron chi connectivity index (χ4n) is 4.03. The molecule has 5 heteroatoms. The molecule has 0 bridgehead atoms. The molecule has 0 aliphatic rings. The van der Waals surface area contributed by atoms with Crippen molar-refractivity contribution in [2.24, 2.45) is 0 Å². The molecule has 0 saturated heterocycles. The molecule has 0 radical (unpaired) electrons. The monoisotopic (exact) mass is 490 g/mol. The molecule has 4 aromatic rings. The number of aromatic hydroxyl groups is 1. The summed E-state index contributed by atoms with van der Waals surface area (Å²) in [7, 11) is 0. The van der Waals surface area contributed by atoms with E-state index in [0.29, 0.717) is 34.1 Å². The molecule has 4 nitrogen and oxygen atoms in total. The topological polar surface area (TPSA) is 59.7 Å². The molecular weight excluding hydrogens is 460 g/mol. The first-order chi connectivity index (χ1) is 16.3. The highest BCUT2D eigenvalue weighted by atomic mass is 35.5. The lowest BCUT2D eigenvalue weighted by molar-refractivity contribution is 0.306. The second-order valence-corrected chi connectivity index (χ2v) is 11.4. The van der Waals surface area contributed by atoms with E-state index in [1.807, 2.05) is 36.4 Å². The SMILES string of the molecule is CC(C)(C)c1cc(-c2cc(=O)c3ccc(OCc4ccc(Cl)cc4)cc3o2)cc(C(C)(C)C)c1O. The molecule has 0 unspecified atom stereocenters. The van der Waals surface area contributed by atoms with Gasteiger partial charge in [-0.1, -0.05) is 65.3 Å². The molecule has 0 atom stereocenters. The van der Waals surface area contributed by atoms with Crippen LogP contribution in [-0.2, 0) is 17.4 Å². The van der Waals surface area contributed by atoms with Crippen LogP contribution in [-0.4, -0.2) is 5.11 Å².